The van der Waals surface area contributed by atoms with Crippen molar-refractivity contribution in [1.29, 1.82) is 0 Å². The van der Waals surface area contributed by atoms with Crippen LogP contribution in [0.4, 0.5) is 0 Å². The van der Waals surface area contributed by atoms with Crippen LogP contribution in [0.2, 0.25) is 0 Å². The average molecular weight is 699 g/mol. The molecule has 0 aliphatic carbocycles. The molecule has 0 amide bonds. The minimum atomic E-state index is 0.588. The highest BCUT2D eigenvalue weighted by Crippen LogP contribution is 2.42. The zero-order valence-corrected chi connectivity index (χ0v) is 30.1. The van der Waals surface area contributed by atoms with Crippen molar-refractivity contribution in [3.8, 4) is 0 Å². The number of fused-ring (bicyclic) bond motifs is 4. The Kier molecular flexibility index (Phi) is 9.03. The summed E-state index contributed by atoms with van der Waals surface area (Å²) in [5.41, 5.74) is 14.5. The van der Waals surface area contributed by atoms with E-state index < -0.39 is 0 Å². The highest BCUT2D eigenvalue weighted by atomic mass is 16.5. The van der Waals surface area contributed by atoms with Crippen LogP contribution in [0.15, 0.2) is 212 Å². The summed E-state index contributed by atoms with van der Waals surface area (Å²) in [6, 6.07) is 41.7. The lowest BCUT2D eigenvalue weighted by molar-refractivity contribution is 0.216. The molecule has 9 rings (SSSR count). The van der Waals surface area contributed by atoms with Gasteiger partial charge in [-0.05, 0) is 71.2 Å². The van der Waals surface area contributed by atoms with Gasteiger partial charge in [0.2, 0.25) is 0 Å². The van der Waals surface area contributed by atoms with Crippen LogP contribution < -0.4 is 0 Å². The van der Waals surface area contributed by atoms with Gasteiger partial charge in [0.05, 0.1) is 52.1 Å². The lowest BCUT2D eigenvalue weighted by Gasteiger charge is -2.15. The molecule has 0 aromatic heterocycles. The Morgan fingerprint density at radius 2 is 0.907 bits per heavy atom. The average Bonchev–Trinajstić information content (AvgIpc) is 4.05. The molecule has 5 aliphatic heterocycles. The smallest absolute Gasteiger partial charge is 0.155 e. The molecule has 8 bridgehead atoms. The van der Waals surface area contributed by atoms with Crippen LogP contribution in [-0.2, 0) is 4.74 Å². The summed E-state index contributed by atoms with van der Waals surface area (Å²) in [6.45, 7) is 2.80. The van der Waals surface area contributed by atoms with E-state index in [1.165, 1.54) is 0 Å². The van der Waals surface area contributed by atoms with Crippen molar-refractivity contribution in [3.63, 3.8) is 0 Å². The molecule has 5 nitrogen and oxygen atoms in total. The SMILES string of the molecule is CCCCCOC1=C(c2ccccc2)C2=NC1=CC1=NC(=C(c3ccccc3)C3=NC(=C(c4ccccc4)C4=NC(=C2c2ccccc2)C=C4)C=C3)C=C1. The number of ether oxygens (including phenoxy) is 1. The summed E-state index contributed by atoms with van der Waals surface area (Å²) in [7, 11) is 0. The topological polar surface area (TPSA) is 58.7 Å². The summed E-state index contributed by atoms with van der Waals surface area (Å²) in [6.07, 6.45) is 17.8. The molecule has 0 radical (unpaired) electrons. The van der Waals surface area contributed by atoms with Crippen LogP contribution in [0.1, 0.15) is 48.4 Å². The van der Waals surface area contributed by atoms with Gasteiger partial charge in [0.25, 0.3) is 0 Å². The molecule has 0 N–H and O–H groups in total. The van der Waals surface area contributed by atoms with E-state index in [9.17, 15) is 0 Å². The zero-order valence-electron chi connectivity index (χ0n) is 30.1. The second-order valence-corrected chi connectivity index (χ2v) is 13.5. The molecule has 0 spiro atoms. The number of rotatable bonds is 9. The summed E-state index contributed by atoms with van der Waals surface area (Å²) in [5.74, 6) is 0.757. The lowest BCUT2D eigenvalue weighted by atomic mass is 9.90. The first-order valence-corrected chi connectivity index (χ1v) is 18.7. The van der Waals surface area contributed by atoms with Crippen molar-refractivity contribution < 1.29 is 4.74 Å². The molecule has 0 atom stereocenters. The fourth-order valence-electron chi connectivity index (χ4n) is 7.38. The van der Waals surface area contributed by atoms with Crippen molar-refractivity contribution in [2.45, 2.75) is 26.2 Å². The van der Waals surface area contributed by atoms with Gasteiger partial charge in [-0.3, -0.25) is 0 Å². The van der Waals surface area contributed by atoms with Crippen molar-refractivity contribution in [3.05, 3.63) is 215 Å². The monoisotopic (exact) mass is 698 g/mol. The second kappa shape index (κ2) is 14.7. The first-order chi connectivity index (χ1) is 26.7. The highest BCUT2D eigenvalue weighted by molar-refractivity contribution is 6.48. The third-order valence-corrected chi connectivity index (χ3v) is 9.92. The molecule has 4 aromatic rings. The van der Waals surface area contributed by atoms with Gasteiger partial charge in [-0.15, -0.1) is 0 Å². The Bertz CT molecular complexity index is 2520. The van der Waals surface area contributed by atoms with Crippen molar-refractivity contribution in [1.82, 2.24) is 0 Å². The largest absolute Gasteiger partial charge is 0.491 e. The standard InChI is InChI=1S/C49H38N4O/c1-2-3-16-31-54-49-43-32-37-25-26-38(50-37)44(33-17-8-4-9-18-33)39-27-28-40(51-39)45(34-19-10-5-11-20-34)41-29-30-42(52-41)46(35-21-12-6-13-22-35)48(53-43)47(49)36-23-14-7-15-24-36/h4-15,17-30,32H,2-3,16,31H2,1H3. The number of nitrogens with zero attached hydrogens (tertiary/aromatic N) is 4. The predicted molar refractivity (Wildman–Crippen MR) is 224 cm³/mol. The maximum Gasteiger partial charge on any atom is 0.155 e. The van der Waals surface area contributed by atoms with Gasteiger partial charge in [-0.25, -0.2) is 20.0 Å². The molecule has 0 saturated heterocycles. The van der Waals surface area contributed by atoms with Crippen LogP contribution in [0, 0.1) is 0 Å². The number of allylic oxidation sites excluding steroid dienone is 11. The number of benzene rings is 4. The van der Waals surface area contributed by atoms with Crippen molar-refractivity contribution in [2.75, 3.05) is 6.61 Å². The van der Waals surface area contributed by atoms with E-state index in [1.807, 2.05) is 24.3 Å². The summed E-state index contributed by atoms with van der Waals surface area (Å²) in [5, 5.41) is 0. The Hall–Kier alpha value is -6.72. The second-order valence-electron chi connectivity index (χ2n) is 13.5. The predicted octanol–water partition coefficient (Wildman–Crippen LogP) is 11.2. The maximum absolute atomic E-state index is 6.80. The highest BCUT2D eigenvalue weighted by Gasteiger charge is 2.33. The van der Waals surface area contributed by atoms with Crippen LogP contribution >= 0.6 is 0 Å². The van der Waals surface area contributed by atoms with Gasteiger partial charge < -0.3 is 4.74 Å². The Morgan fingerprint density at radius 1 is 0.444 bits per heavy atom. The van der Waals surface area contributed by atoms with Gasteiger partial charge in [-0.1, -0.05) is 141 Å². The fourth-order valence-corrected chi connectivity index (χ4v) is 7.38. The van der Waals surface area contributed by atoms with Gasteiger partial charge in [0.15, 0.2) is 5.76 Å². The van der Waals surface area contributed by atoms with E-state index in [4.69, 9.17) is 24.7 Å². The Morgan fingerprint density at radius 3 is 1.44 bits per heavy atom. The summed E-state index contributed by atoms with van der Waals surface area (Å²) < 4.78 is 6.80. The van der Waals surface area contributed by atoms with Gasteiger partial charge in [-0.2, -0.15) is 0 Å². The quantitative estimate of drug-likeness (QED) is 0.161. The molecule has 0 saturated carbocycles. The molecule has 5 heterocycles. The Balaban J connectivity index is 1.36. The molecule has 5 aliphatic rings. The van der Waals surface area contributed by atoms with Gasteiger partial charge in [0.1, 0.15) is 5.70 Å². The van der Waals surface area contributed by atoms with E-state index in [2.05, 4.69) is 147 Å². The summed E-state index contributed by atoms with van der Waals surface area (Å²) in [4.78, 5) is 21.5. The first-order valence-electron chi connectivity index (χ1n) is 18.7. The lowest BCUT2D eigenvalue weighted by Crippen LogP contribution is -2.07. The third-order valence-electron chi connectivity index (χ3n) is 9.92. The molecule has 5 heteroatoms. The van der Waals surface area contributed by atoms with Crippen LogP contribution in [0.5, 0.6) is 0 Å². The third kappa shape index (κ3) is 6.35. The molecular formula is C49H38N4O. The molecular weight excluding hydrogens is 661 g/mol. The first kappa shape index (κ1) is 33.1. The van der Waals surface area contributed by atoms with Crippen molar-refractivity contribution >= 4 is 45.1 Å². The fraction of sp³-hybridized carbons (Fsp3) is 0.102. The van der Waals surface area contributed by atoms with Gasteiger partial charge >= 0.3 is 0 Å². The number of hydrogen-bond acceptors (Lipinski definition) is 5. The summed E-state index contributed by atoms with van der Waals surface area (Å²) >= 11 is 0. The molecule has 260 valence electrons. The number of hydrogen-bond donors (Lipinski definition) is 0. The molecule has 4 aromatic carbocycles. The molecule has 0 fully saturated rings. The zero-order chi connectivity index (χ0) is 36.3. The maximum atomic E-state index is 6.80. The van der Waals surface area contributed by atoms with Crippen LogP contribution in [-0.4, -0.2) is 29.5 Å². The van der Waals surface area contributed by atoms with E-state index >= 15 is 0 Å². The minimum absolute atomic E-state index is 0.588. The van der Waals surface area contributed by atoms with E-state index in [0.717, 1.165) is 115 Å². The molecule has 54 heavy (non-hydrogen) atoms. The van der Waals surface area contributed by atoms with Gasteiger partial charge in [0, 0.05) is 16.7 Å². The van der Waals surface area contributed by atoms with Crippen molar-refractivity contribution in [2.24, 2.45) is 20.0 Å². The molecule has 0 unspecified atom stereocenters. The van der Waals surface area contributed by atoms with E-state index in [0.29, 0.717) is 6.61 Å². The Labute approximate surface area is 316 Å². The van der Waals surface area contributed by atoms with Crippen LogP contribution in [0.3, 0.4) is 0 Å². The number of unbranched alkanes of at least 4 members (excludes halogenated alkanes) is 2. The van der Waals surface area contributed by atoms with E-state index in [1.54, 1.807) is 0 Å². The minimum Gasteiger partial charge on any atom is -0.491 e. The van der Waals surface area contributed by atoms with E-state index in [-0.39, 0.29) is 0 Å². The van der Waals surface area contributed by atoms with Crippen LogP contribution in [0.25, 0.3) is 22.3 Å². The number of aliphatic imine (C=N–C) groups is 4. The normalized spacial score (nSPS) is 17.3.